The van der Waals surface area contributed by atoms with E-state index in [0.717, 1.165) is 418 Å². The third kappa shape index (κ3) is 24.3. The fourth-order valence-corrected chi connectivity index (χ4v) is 25.6. The molecule has 133 heavy (non-hydrogen) atoms. The van der Waals surface area contributed by atoms with Crippen LogP contribution in [0.25, 0.3) is 110 Å². The van der Waals surface area contributed by atoms with Crippen LogP contribution in [0.15, 0.2) is 170 Å². The molecule has 0 radical (unpaired) electrons. The maximum atomic E-state index is 19.6. The molecule has 0 spiro atoms. The van der Waals surface area contributed by atoms with E-state index in [2.05, 4.69) is 258 Å². The third-order valence-electron chi connectivity index (χ3n) is 28.8. The Hall–Kier alpha value is -8.70. The molecular weight excluding hydrogens is 1660 g/mol. The number of hydrogen-bond acceptors (Lipinski definition) is 6. The zero-order valence-electron chi connectivity index (χ0n) is 84.0. The largest absolute Gasteiger partial charge is 0.524 e. The Balaban J connectivity index is 1.17. The van der Waals surface area contributed by atoms with Crippen LogP contribution in [0.2, 0.25) is 0 Å². The summed E-state index contributed by atoms with van der Waals surface area (Å²) in [6.45, 7) is 27.7. The van der Waals surface area contributed by atoms with Crippen LogP contribution >= 0.6 is 15.5 Å². The molecule has 7 nitrogen and oxygen atoms in total. The van der Waals surface area contributed by atoms with Crippen molar-refractivity contribution in [2.45, 2.75) is 391 Å². The standard InChI is InChI=1S/C124H161NO6P2/c1-13-25-37-57-89-77-97(65-41-29-17-5)113(98(78-89)66-42-30-18-6)109-85-93-61-49-53-73-105(93)117-118-106-74-54-50-62-94(106)86-110(114-99(67-43-31-19-7)79-90(58-38-26-14-2)80-100(114)68-44-32-20-8)122(118)129-132(126,128-121(109)117)125-133(127)130-123-111(115-101(69-45-33-21-9)81-91(59-39-27-15-3)82-102(115)70-46-34-22-10)87-95-63-51-55-75-107(95)119(123)120-108-76-56-52-64-96(108)88-112(124(120)131-133)116-103(71-47-35-23-11)83-92(60-40-28-16-4)84-104(116)72-48-36-24-12/h49-56,61-64,73-88H,13-48,57-60,65-72H2,1-12H3,(H,125,126,127). The average Bonchev–Trinajstić information content (AvgIpc) is 1.61. The minimum absolute atomic E-state index is 0.431. The number of hydrogen-bond donors (Lipinski definition) is 1. The smallest absolute Gasteiger partial charge is 0.403 e. The van der Waals surface area contributed by atoms with E-state index >= 15 is 9.13 Å². The van der Waals surface area contributed by atoms with Crippen molar-refractivity contribution < 1.29 is 27.2 Å². The van der Waals surface area contributed by atoms with Crippen LogP contribution in [-0.4, -0.2) is 0 Å². The van der Waals surface area contributed by atoms with E-state index in [-0.39, 0.29) is 0 Å². The maximum absolute atomic E-state index is 19.6. The van der Waals surface area contributed by atoms with Gasteiger partial charge in [0, 0.05) is 44.5 Å². The number of nitrogens with one attached hydrogen (secondary N) is 1. The van der Waals surface area contributed by atoms with Crippen LogP contribution in [0.5, 0.6) is 23.0 Å². The van der Waals surface area contributed by atoms with Crippen molar-refractivity contribution in [2.24, 2.45) is 0 Å². The summed E-state index contributed by atoms with van der Waals surface area (Å²) in [5, 5.41) is 7.94. The van der Waals surface area contributed by atoms with E-state index in [1.165, 1.54) is 66.8 Å². The van der Waals surface area contributed by atoms with Crippen molar-refractivity contribution in [1.82, 2.24) is 4.86 Å². The lowest BCUT2D eigenvalue weighted by atomic mass is 9.81. The molecule has 708 valence electrons. The number of benzene rings is 12. The predicted octanol–water partition coefficient (Wildman–Crippen LogP) is 39.1. The molecular formula is C124H161NO6P2. The Bertz CT molecular complexity index is 5150. The molecule has 0 saturated carbocycles. The Morgan fingerprint density at radius 2 is 0.353 bits per heavy atom. The highest BCUT2D eigenvalue weighted by molar-refractivity contribution is 7.68. The molecule has 14 rings (SSSR count). The molecule has 9 heteroatoms. The van der Waals surface area contributed by atoms with Gasteiger partial charge in [-0.2, -0.15) is 0 Å². The van der Waals surface area contributed by atoms with Gasteiger partial charge in [-0.25, -0.2) is 9.13 Å². The van der Waals surface area contributed by atoms with Gasteiger partial charge < -0.3 is 18.1 Å². The van der Waals surface area contributed by atoms with Gasteiger partial charge in [-0.3, -0.25) is 0 Å². The summed E-state index contributed by atoms with van der Waals surface area (Å²) in [4.78, 5) is 3.59. The molecule has 0 fully saturated rings. The SMILES string of the molecule is CCCCCc1cc(CCCCC)c(-c2cc3ccccc3c3c2OP(=O)(NP2(=O)Oc4c(-c5c(CCCCC)cc(CCCCC)cc5CCCCC)cc5ccccc5c4-c4c(c(-c5c(CCCCC)cc(CCCCC)cc5CCCCC)cc5ccccc45)O2)Oc2c(-c4c(CCCCC)cc(CCCCC)cc4CCCCC)cc4ccccc4c2-3)c(CCCCC)c1. The number of unbranched alkanes of at least 4 members (excludes halogenated alkanes) is 24. The molecule has 0 aliphatic carbocycles. The van der Waals surface area contributed by atoms with E-state index in [1.807, 2.05) is 0 Å². The van der Waals surface area contributed by atoms with Crippen LogP contribution < -0.4 is 23.0 Å². The molecule has 2 aliphatic rings. The second-order valence-corrected chi connectivity index (χ2v) is 43.0. The van der Waals surface area contributed by atoms with Gasteiger partial charge in [0.2, 0.25) is 0 Å². The van der Waals surface area contributed by atoms with Gasteiger partial charge in [-0.1, -0.05) is 388 Å². The molecule has 12 aromatic rings. The van der Waals surface area contributed by atoms with Crippen molar-refractivity contribution in [2.75, 3.05) is 0 Å². The van der Waals surface area contributed by atoms with Gasteiger partial charge in [0.1, 0.15) is 23.0 Å². The summed E-state index contributed by atoms with van der Waals surface area (Å²) in [5.41, 5.74) is 26.8. The molecule has 2 heterocycles. The van der Waals surface area contributed by atoms with Crippen LogP contribution in [0, 0.1) is 0 Å². The first-order chi connectivity index (χ1) is 65.2. The lowest BCUT2D eigenvalue weighted by Crippen LogP contribution is -2.22. The topological polar surface area (TPSA) is 83.1 Å². The van der Waals surface area contributed by atoms with E-state index in [4.69, 9.17) is 18.1 Å². The predicted molar refractivity (Wildman–Crippen MR) is 575 cm³/mol. The second-order valence-electron chi connectivity index (χ2n) is 39.5. The quantitative estimate of drug-likeness (QED) is 0.0300. The van der Waals surface area contributed by atoms with Crippen molar-refractivity contribution >= 4 is 58.6 Å². The Morgan fingerprint density at radius 3 is 0.519 bits per heavy atom. The van der Waals surface area contributed by atoms with E-state index < -0.39 is 15.5 Å². The Morgan fingerprint density at radius 1 is 0.195 bits per heavy atom. The monoisotopic (exact) mass is 1820 g/mol. The van der Waals surface area contributed by atoms with Crippen LogP contribution in [0.1, 0.15) is 381 Å². The van der Waals surface area contributed by atoms with Gasteiger partial charge in [0.15, 0.2) is 0 Å². The normalized spacial score (nSPS) is 13.2. The molecule has 1 N–H and O–H groups in total. The van der Waals surface area contributed by atoms with E-state index in [1.54, 1.807) is 0 Å². The van der Waals surface area contributed by atoms with Crippen LogP contribution in [0.4, 0.5) is 0 Å². The molecule has 0 aromatic heterocycles. The van der Waals surface area contributed by atoms with Crippen molar-refractivity contribution in [3.63, 3.8) is 0 Å². The van der Waals surface area contributed by atoms with E-state index in [9.17, 15) is 0 Å². The maximum Gasteiger partial charge on any atom is 0.524 e. The first-order valence-electron chi connectivity index (χ1n) is 53.8. The van der Waals surface area contributed by atoms with Crippen molar-refractivity contribution in [1.29, 1.82) is 0 Å². The van der Waals surface area contributed by atoms with Gasteiger partial charge in [-0.15, -0.1) is 0 Å². The summed E-state index contributed by atoms with van der Waals surface area (Å²) in [5.74, 6) is 1.73. The van der Waals surface area contributed by atoms with Gasteiger partial charge in [-0.05, 0) is 310 Å². The minimum atomic E-state index is -5.36. The minimum Gasteiger partial charge on any atom is -0.403 e. The number of aryl methyl sites for hydroxylation is 12. The zero-order valence-corrected chi connectivity index (χ0v) is 85.7. The fourth-order valence-electron chi connectivity index (χ4n) is 21.9. The first kappa shape index (κ1) is 100. The summed E-state index contributed by atoms with van der Waals surface area (Å²) >= 11 is 0. The third-order valence-corrected chi connectivity index (χ3v) is 32.4. The van der Waals surface area contributed by atoms with Crippen LogP contribution in [0.3, 0.4) is 0 Å². The Labute approximate surface area is 802 Å². The number of fused-ring (bicyclic) bond motifs is 14. The van der Waals surface area contributed by atoms with Crippen molar-refractivity contribution in [3.05, 3.63) is 237 Å². The lowest BCUT2D eigenvalue weighted by molar-refractivity contribution is 0.359. The number of rotatable bonds is 54. The molecule has 0 bridgehead atoms. The molecule has 2 aliphatic heterocycles. The highest BCUT2D eigenvalue weighted by Crippen LogP contribution is 2.70. The average molecular weight is 1820 g/mol. The lowest BCUT2D eigenvalue weighted by Gasteiger charge is -2.28. The first-order valence-corrected chi connectivity index (χ1v) is 56.9. The molecule has 0 atom stereocenters. The van der Waals surface area contributed by atoms with Crippen molar-refractivity contribution in [3.8, 4) is 89.8 Å². The van der Waals surface area contributed by atoms with Gasteiger partial charge >= 0.3 is 15.5 Å². The van der Waals surface area contributed by atoms with Gasteiger partial charge in [0.05, 0.1) is 0 Å². The highest BCUT2D eigenvalue weighted by atomic mass is 31.3. The molecule has 0 saturated heterocycles. The second kappa shape index (κ2) is 49.9. The molecule has 0 amide bonds. The van der Waals surface area contributed by atoms with Crippen LogP contribution in [-0.2, 0) is 86.2 Å². The summed E-state index contributed by atoms with van der Waals surface area (Å²) in [6, 6.07) is 65.0. The summed E-state index contributed by atoms with van der Waals surface area (Å²) < 4.78 is 72.2. The molecule has 0 unspecified atom stereocenters. The summed E-state index contributed by atoms with van der Waals surface area (Å²) in [6.07, 6.45) is 49.8. The zero-order chi connectivity index (χ0) is 93.1. The molecule has 12 aromatic carbocycles. The highest BCUT2D eigenvalue weighted by Gasteiger charge is 2.51. The fraction of sp³-hybridized carbons (Fsp3) is 0.484. The van der Waals surface area contributed by atoms with E-state index in [0.29, 0.717) is 23.0 Å². The summed E-state index contributed by atoms with van der Waals surface area (Å²) in [7, 11) is -10.7. The van der Waals surface area contributed by atoms with Gasteiger partial charge in [0.25, 0.3) is 0 Å². The Kier molecular flexibility index (Phi) is 37.6.